The van der Waals surface area contributed by atoms with Crippen molar-refractivity contribution in [1.29, 1.82) is 0 Å². The van der Waals surface area contributed by atoms with Gasteiger partial charge < -0.3 is 8.80 Å². The average Bonchev–Trinajstić information content (AvgIpc) is 4.03. The summed E-state index contributed by atoms with van der Waals surface area (Å²) in [4.78, 5) is 28.4. The minimum Gasteiger partial charge on any atom is -0.308 e. The van der Waals surface area contributed by atoms with Crippen LogP contribution in [0.15, 0.2) is 97.1 Å². The molecule has 11 aromatic rings. The van der Waals surface area contributed by atoms with Gasteiger partial charge in [-0.25, -0.2) is 35.1 Å². The van der Waals surface area contributed by atoms with Crippen molar-refractivity contribution in [3.05, 3.63) is 143 Å². The minimum absolute atomic E-state index is 0.00925. The van der Waals surface area contributed by atoms with E-state index in [1.54, 1.807) is 30.3 Å². The summed E-state index contributed by atoms with van der Waals surface area (Å²) >= 11 is 0. The fraction of sp³-hybridized carbons (Fsp3) is 0.228. The number of halogens is 8. The fourth-order valence-corrected chi connectivity index (χ4v) is 12.8. The van der Waals surface area contributed by atoms with Crippen molar-refractivity contribution in [2.75, 3.05) is 0 Å². The Morgan fingerprint density at radius 3 is 1.43 bits per heavy atom. The lowest BCUT2D eigenvalue weighted by atomic mass is 9.78. The maximum absolute atomic E-state index is 17.0. The second-order valence-electron chi connectivity index (χ2n) is 19.8. The molecule has 2 fully saturated rings. The largest absolute Gasteiger partial charge is 0.308 e. The van der Waals surface area contributed by atoms with Crippen LogP contribution in [0.1, 0.15) is 89.6 Å². The summed E-state index contributed by atoms with van der Waals surface area (Å²) in [5.41, 5.74) is -3.65. The summed E-state index contributed by atoms with van der Waals surface area (Å²) in [6.45, 7) is -1.08. The molecule has 2 saturated carbocycles. The number of ketones is 2. The first kappa shape index (κ1) is 40.9. The van der Waals surface area contributed by atoms with E-state index >= 15 is 35.1 Å². The lowest BCUT2D eigenvalue weighted by molar-refractivity contribution is 0.0233. The van der Waals surface area contributed by atoms with Gasteiger partial charge in [-0.2, -0.15) is 0 Å². The van der Waals surface area contributed by atoms with Gasteiger partial charge in [0.05, 0.1) is 44.2 Å². The molecular formula is C57H36F8N2O2. The van der Waals surface area contributed by atoms with Crippen LogP contribution in [0.2, 0.25) is 0 Å². The fourth-order valence-electron chi connectivity index (χ4n) is 12.8. The summed E-state index contributed by atoms with van der Waals surface area (Å²) in [5, 5.41) is 4.14. The van der Waals surface area contributed by atoms with Crippen molar-refractivity contribution < 1.29 is 44.7 Å². The Kier molecular flexibility index (Phi) is 8.06. The van der Waals surface area contributed by atoms with E-state index in [2.05, 4.69) is 0 Å². The zero-order valence-electron chi connectivity index (χ0n) is 36.5. The van der Waals surface area contributed by atoms with Gasteiger partial charge in [-0.05, 0) is 153 Å². The van der Waals surface area contributed by atoms with Crippen LogP contribution in [0.5, 0.6) is 0 Å². The zero-order valence-corrected chi connectivity index (χ0v) is 36.5. The van der Waals surface area contributed by atoms with E-state index in [4.69, 9.17) is 0 Å². The van der Waals surface area contributed by atoms with E-state index in [9.17, 15) is 9.59 Å². The number of alkyl halides is 4. The lowest BCUT2D eigenvalue weighted by Gasteiger charge is -2.32. The molecule has 0 aliphatic heterocycles. The van der Waals surface area contributed by atoms with Gasteiger partial charge in [-0.15, -0.1) is 0 Å². The van der Waals surface area contributed by atoms with Crippen LogP contribution in [0, 0.1) is 23.3 Å². The maximum Gasteiger partial charge on any atom is 0.200 e. The summed E-state index contributed by atoms with van der Waals surface area (Å²) in [5.74, 6) is -4.86. The SMILES string of the molecule is O=C(c1cc2c(cc1CF)c1cc(-c3c(F)cccc3F)cc3c4cc5c(cc4n2c13)c1cc(-c2c(F)cccc2F)cc2c3cc4c(cc3n5c21)C(=O)C1(F)CCC4(F)CC1)C1(F)CCCCC1. The molecule has 7 aromatic carbocycles. The van der Waals surface area contributed by atoms with Crippen LogP contribution in [-0.4, -0.2) is 31.7 Å². The number of Topliss-reactive ketones (excluding diaryl/α,β-unsaturated/α-hetero) is 2. The molecule has 0 saturated heterocycles. The Morgan fingerprint density at radius 1 is 0.507 bits per heavy atom. The molecule has 15 rings (SSSR count). The first-order valence-electron chi connectivity index (χ1n) is 23.3. The molecule has 12 heteroatoms. The molecule has 4 aromatic heterocycles. The zero-order chi connectivity index (χ0) is 47.2. The van der Waals surface area contributed by atoms with Crippen LogP contribution >= 0.6 is 0 Å². The number of benzene rings is 7. The van der Waals surface area contributed by atoms with Crippen LogP contribution in [0.4, 0.5) is 35.1 Å². The van der Waals surface area contributed by atoms with Crippen LogP contribution in [0.3, 0.4) is 0 Å². The van der Waals surface area contributed by atoms with Crippen molar-refractivity contribution in [3.8, 4) is 22.3 Å². The monoisotopic (exact) mass is 932 g/mol. The summed E-state index contributed by atoms with van der Waals surface area (Å²) in [6, 6.07) is 23.6. The standard InChI is InChI=1S/C57H36F8N2O2/c58-26-29-20-31-35-16-27(49-41(59)6-4-7-42(49)60)18-37-33-24-47-34(23-46(33)66(51(35)37)45(31)22-30(29)53(68)56(64)10-2-1-3-11-56)38-19-28(50-43(61)8-5-9-44(50)62)17-36-32-21-40-39(25-48(32)67(47)52(36)38)54(69)57(65)14-12-55(40,63)13-15-57/h4-9,16-25H,1-3,10-15,26H2. The summed E-state index contributed by atoms with van der Waals surface area (Å²) < 4.78 is 132. The molecular weight excluding hydrogens is 897 g/mol. The Hall–Kier alpha value is -7.08. The molecule has 342 valence electrons. The average molecular weight is 933 g/mol. The third kappa shape index (κ3) is 5.24. The second-order valence-corrected chi connectivity index (χ2v) is 19.8. The van der Waals surface area contributed by atoms with Gasteiger partial charge in [0.2, 0.25) is 0 Å². The van der Waals surface area contributed by atoms with Gasteiger partial charge in [0.15, 0.2) is 22.9 Å². The Balaban J connectivity index is 1.15. The molecule has 0 unspecified atom stereocenters. The molecule has 0 atom stereocenters. The second kappa shape index (κ2) is 13.6. The van der Waals surface area contributed by atoms with E-state index in [1.165, 1.54) is 30.3 Å². The van der Waals surface area contributed by atoms with Gasteiger partial charge in [-0.3, -0.25) is 9.59 Å². The molecule has 0 spiro atoms. The number of hydrogen-bond acceptors (Lipinski definition) is 2. The topological polar surface area (TPSA) is 43.0 Å². The Labute approximate surface area is 386 Å². The lowest BCUT2D eigenvalue weighted by Crippen LogP contribution is -2.37. The first-order chi connectivity index (χ1) is 33.2. The minimum atomic E-state index is -2.24. The summed E-state index contributed by atoms with van der Waals surface area (Å²) in [7, 11) is 0. The van der Waals surface area contributed by atoms with Crippen molar-refractivity contribution in [2.45, 2.75) is 81.5 Å². The third-order valence-electron chi connectivity index (χ3n) is 16.2. The number of rotatable bonds is 5. The highest BCUT2D eigenvalue weighted by atomic mass is 19.2. The van der Waals surface area contributed by atoms with E-state index in [1.807, 2.05) is 20.9 Å². The van der Waals surface area contributed by atoms with E-state index in [0.717, 1.165) is 30.7 Å². The molecule has 2 bridgehead atoms. The van der Waals surface area contributed by atoms with Crippen molar-refractivity contribution in [1.82, 2.24) is 8.80 Å². The Morgan fingerprint density at radius 2 is 0.942 bits per heavy atom. The normalized spacial score (nSPS) is 20.6. The van der Waals surface area contributed by atoms with Crippen molar-refractivity contribution in [3.63, 3.8) is 0 Å². The third-order valence-corrected chi connectivity index (χ3v) is 16.2. The molecule has 0 radical (unpaired) electrons. The quantitative estimate of drug-likeness (QED) is 0.127. The molecule has 0 amide bonds. The van der Waals surface area contributed by atoms with E-state index in [-0.39, 0.29) is 83.0 Å². The number of nitrogens with zero attached hydrogens (tertiary/aromatic N) is 2. The molecule has 4 aliphatic carbocycles. The highest BCUT2D eigenvalue weighted by Crippen LogP contribution is 2.55. The van der Waals surface area contributed by atoms with Crippen LogP contribution in [0.25, 0.3) is 98.4 Å². The highest BCUT2D eigenvalue weighted by Gasteiger charge is 2.54. The highest BCUT2D eigenvalue weighted by molar-refractivity contribution is 6.30. The van der Waals surface area contributed by atoms with Crippen LogP contribution < -0.4 is 0 Å². The Bertz CT molecular complexity index is 4090. The number of carbonyl (C=O) groups excluding carboxylic acids is 2. The predicted molar refractivity (Wildman–Crippen MR) is 252 cm³/mol. The van der Waals surface area contributed by atoms with Gasteiger partial charge in [-0.1, -0.05) is 18.6 Å². The van der Waals surface area contributed by atoms with Crippen molar-refractivity contribution >= 4 is 87.8 Å². The predicted octanol–water partition coefficient (Wildman–Crippen LogP) is 15.8. The number of fused-ring (bicyclic) bond motifs is 14. The van der Waals surface area contributed by atoms with E-state index in [0.29, 0.717) is 89.0 Å². The van der Waals surface area contributed by atoms with Gasteiger partial charge in [0, 0.05) is 59.8 Å². The number of carbonyl (C=O) groups is 2. The smallest absolute Gasteiger partial charge is 0.200 e. The molecule has 0 N–H and O–H groups in total. The van der Waals surface area contributed by atoms with Gasteiger partial charge in [0.1, 0.15) is 35.6 Å². The number of hydrogen-bond donors (Lipinski definition) is 0. The van der Waals surface area contributed by atoms with Crippen LogP contribution in [-0.2, 0) is 12.3 Å². The molecule has 4 heterocycles. The summed E-state index contributed by atoms with van der Waals surface area (Å²) in [6.07, 6.45) is 0.912. The molecule has 4 aliphatic rings. The molecule has 69 heavy (non-hydrogen) atoms. The van der Waals surface area contributed by atoms with E-state index < -0.39 is 58.5 Å². The van der Waals surface area contributed by atoms with Gasteiger partial charge >= 0.3 is 0 Å². The van der Waals surface area contributed by atoms with Crippen molar-refractivity contribution in [2.24, 2.45) is 0 Å². The number of aromatic nitrogens is 2. The molecule has 4 nitrogen and oxygen atoms in total. The first-order valence-corrected chi connectivity index (χ1v) is 23.3. The maximum atomic E-state index is 17.0. The van der Waals surface area contributed by atoms with Gasteiger partial charge in [0.25, 0.3) is 0 Å².